The summed E-state index contributed by atoms with van der Waals surface area (Å²) in [4.78, 5) is 30.1. The monoisotopic (exact) mass is 706 g/mol. The molecule has 0 aliphatic rings. The lowest BCUT2D eigenvalue weighted by Crippen LogP contribution is -2.03. The third-order valence-corrected chi connectivity index (χ3v) is 9.63. The van der Waals surface area contributed by atoms with Gasteiger partial charge in [-0.05, 0) is 23.3 Å². The lowest BCUT2D eigenvalue weighted by atomic mass is 9.98. The highest BCUT2D eigenvalue weighted by Crippen LogP contribution is 2.38. The van der Waals surface area contributed by atoms with E-state index in [0.29, 0.717) is 34.9 Å². The van der Waals surface area contributed by atoms with E-state index >= 15 is 0 Å². The van der Waals surface area contributed by atoms with Crippen molar-refractivity contribution in [3.8, 4) is 79.5 Å². The van der Waals surface area contributed by atoms with Crippen molar-refractivity contribution in [3.05, 3.63) is 182 Å². The predicted octanol–water partition coefficient (Wildman–Crippen LogP) is 11.6. The van der Waals surface area contributed by atoms with E-state index in [1.807, 2.05) is 146 Å². The van der Waals surface area contributed by atoms with Crippen LogP contribution in [-0.4, -0.2) is 29.9 Å². The summed E-state index contributed by atoms with van der Waals surface area (Å²) >= 11 is 0. The van der Waals surface area contributed by atoms with E-state index in [4.69, 9.17) is 34.3 Å². The Labute approximate surface area is 316 Å². The maximum absolute atomic E-state index is 6.18. The Hall–Kier alpha value is -7.64. The van der Waals surface area contributed by atoms with Crippen LogP contribution in [-0.2, 0) is 0 Å². The maximum atomic E-state index is 6.18. The molecule has 0 aliphatic carbocycles. The van der Waals surface area contributed by atoms with Gasteiger partial charge in [0.15, 0.2) is 34.9 Å². The minimum atomic E-state index is 0.515. The summed E-state index contributed by atoms with van der Waals surface area (Å²) in [7, 11) is 0. The molecule has 3 heterocycles. The minimum absolute atomic E-state index is 0.515. The highest BCUT2D eigenvalue weighted by molar-refractivity contribution is 6.12. The summed E-state index contributed by atoms with van der Waals surface area (Å²) in [5, 5.41) is 2.19. The summed E-state index contributed by atoms with van der Waals surface area (Å²) in [6.45, 7) is 0. The molecule has 0 saturated carbocycles. The third-order valence-electron chi connectivity index (χ3n) is 9.63. The maximum Gasteiger partial charge on any atom is 0.164 e. The molecular formula is C48H30N6O. The number of hydrogen-bond acceptors (Lipinski definition) is 7. The summed E-state index contributed by atoms with van der Waals surface area (Å²) in [6, 6.07) is 60.6. The van der Waals surface area contributed by atoms with Crippen LogP contribution >= 0.6 is 0 Å². The van der Waals surface area contributed by atoms with Crippen molar-refractivity contribution in [2.75, 3.05) is 0 Å². The van der Waals surface area contributed by atoms with E-state index in [1.165, 1.54) is 0 Å². The van der Waals surface area contributed by atoms with Crippen molar-refractivity contribution < 1.29 is 4.42 Å². The first-order valence-corrected chi connectivity index (χ1v) is 18.0. The Bertz CT molecular complexity index is 2910. The highest BCUT2D eigenvalue weighted by atomic mass is 16.3. The number of furan rings is 1. The zero-order valence-corrected chi connectivity index (χ0v) is 29.4. The Balaban J connectivity index is 1.11. The molecule has 7 heteroatoms. The first kappa shape index (κ1) is 32.0. The summed E-state index contributed by atoms with van der Waals surface area (Å²) in [6.07, 6.45) is 0. The van der Waals surface area contributed by atoms with Gasteiger partial charge >= 0.3 is 0 Å². The molecule has 0 bridgehead atoms. The Kier molecular flexibility index (Phi) is 8.00. The zero-order valence-electron chi connectivity index (χ0n) is 29.4. The molecule has 0 atom stereocenters. The largest absolute Gasteiger partial charge is 0.456 e. The molecule has 0 spiro atoms. The Morgan fingerprint density at radius 3 is 1.13 bits per heavy atom. The molecule has 7 nitrogen and oxygen atoms in total. The second-order valence-electron chi connectivity index (χ2n) is 13.1. The second kappa shape index (κ2) is 13.7. The van der Waals surface area contributed by atoms with Crippen LogP contribution in [0, 0.1) is 0 Å². The normalized spacial score (nSPS) is 11.3. The second-order valence-corrected chi connectivity index (χ2v) is 13.1. The molecule has 10 rings (SSSR count). The van der Waals surface area contributed by atoms with Crippen LogP contribution in [0.25, 0.3) is 101 Å². The van der Waals surface area contributed by atoms with Crippen LogP contribution in [0.15, 0.2) is 186 Å². The van der Waals surface area contributed by atoms with Gasteiger partial charge in [0, 0.05) is 44.2 Å². The number of aromatic nitrogens is 6. The van der Waals surface area contributed by atoms with Gasteiger partial charge in [-0.3, -0.25) is 0 Å². The molecule has 10 aromatic rings. The van der Waals surface area contributed by atoms with Crippen LogP contribution in [0.4, 0.5) is 0 Å². The van der Waals surface area contributed by atoms with Crippen molar-refractivity contribution in [1.82, 2.24) is 29.9 Å². The minimum Gasteiger partial charge on any atom is -0.456 e. The van der Waals surface area contributed by atoms with Gasteiger partial charge in [0.25, 0.3) is 0 Å². The standard InChI is InChI=1S/C48H30N6O/c1-4-15-32(16-5-1)43-49-44(33-17-6-2-7-18-33)52-47(51-43)37-21-10-11-22-38(37)48-53-45(34-19-8-3-9-20-34)50-46(54-48)35-29-27-31(28-30-35)36-24-14-26-41-42(36)39-23-12-13-25-40(39)55-41/h1-30H. The van der Waals surface area contributed by atoms with Crippen molar-refractivity contribution in [3.63, 3.8) is 0 Å². The first-order valence-electron chi connectivity index (χ1n) is 18.0. The first-order chi connectivity index (χ1) is 27.2. The molecule has 3 aromatic heterocycles. The van der Waals surface area contributed by atoms with E-state index in [9.17, 15) is 0 Å². The number of nitrogens with zero attached hydrogens (tertiary/aromatic N) is 6. The van der Waals surface area contributed by atoms with E-state index < -0.39 is 0 Å². The Morgan fingerprint density at radius 1 is 0.255 bits per heavy atom. The number of rotatable bonds is 7. The van der Waals surface area contributed by atoms with E-state index in [2.05, 4.69) is 36.4 Å². The topological polar surface area (TPSA) is 90.5 Å². The molecule has 0 amide bonds. The average molecular weight is 707 g/mol. The van der Waals surface area contributed by atoms with Gasteiger partial charge < -0.3 is 4.42 Å². The fourth-order valence-electron chi connectivity index (χ4n) is 6.96. The SMILES string of the molecule is c1ccc(-c2nc(-c3ccccc3)nc(-c3ccccc3-c3nc(-c4ccccc4)nc(-c4ccc(-c5cccc6oc7ccccc7c56)cc4)n3)n2)cc1. The van der Waals surface area contributed by atoms with E-state index in [1.54, 1.807) is 0 Å². The summed E-state index contributed by atoms with van der Waals surface area (Å²) < 4.78 is 6.18. The van der Waals surface area contributed by atoms with Crippen LogP contribution in [0.1, 0.15) is 0 Å². The predicted molar refractivity (Wildman–Crippen MR) is 219 cm³/mol. The van der Waals surface area contributed by atoms with Gasteiger partial charge in [-0.25, -0.2) is 29.9 Å². The van der Waals surface area contributed by atoms with Crippen molar-refractivity contribution in [2.24, 2.45) is 0 Å². The van der Waals surface area contributed by atoms with E-state index in [-0.39, 0.29) is 0 Å². The Morgan fingerprint density at radius 2 is 0.618 bits per heavy atom. The summed E-state index contributed by atoms with van der Waals surface area (Å²) in [5.41, 5.74) is 9.02. The van der Waals surface area contributed by atoms with Gasteiger partial charge in [-0.2, -0.15) is 0 Å². The van der Waals surface area contributed by atoms with Crippen LogP contribution < -0.4 is 0 Å². The van der Waals surface area contributed by atoms with Gasteiger partial charge in [0.1, 0.15) is 11.2 Å². The molecule has 0 fully saturated rings. The van der Waals surface area contributed by atoms with Gasteiger partial charge in [-0.1, -0.05) is 170 Å². The average Bonchev–Trinajstić information content (AvgIpc) is 3.66. The number of benzene rings is 7. The fraction of sp³-hybridized carbons (Fsp3) is 0. The zero-order chi connectivity index (χ0) is 36.6. The van der Waals surface area contributed by atoms with Crippen LogP contribution in [0.2, 0.25) is 0 Å². The van der Waals surface area contributed by atoms with Crippen LogP contribution in [0.5, 0.6) is 0 Å². The third kappa shape index (κ3) is 6.09. The molecule has 0 radical (unpaired) electrons. The molecule has 0 N–H and O–H groups in total. The molecule has 0 saturated heterocycles. The van der Waals surface area contributed by atoms with Crippen molar-refractivity contribution in [2.45, 2.75) is 0 Å². The molecular weight excluding hydrogens is 677 g/mol. The highest BCUT2D eigenvalue weighted by Gasteiger charge is 2.20. The molecule has 7 aromatic carbocycles. The molecule has 258 valence electrons. The number of fused-ring (bicyclic) bond motifs is 3. The lowest BCUT2D eigenvalue weighted by molar-refractivity contribution is 0.669. The quantitative estimate of drug-likeness (QED) is 0.163. The van der Waals surface area contributed by atoms with Gasteiger partial charge in [-0.15, -0.1) is 0 Å². The molecule has 0 aliphatic heterocycles. The number of hydrogen-bond donors (Lipinski definition) is 0. The lowest BCUT2D eigenvalue weighted by Gasteiger charge is -2.13. The number of para-hydroxylation sites is 1. The smallest absolute Gasteiger partial charge is 0.164 e. The van der Waals surface area contributed by atoms with Crippen LogP contribution in [0.3, 0.4) is 0 Å². The van der Waals surface area contributed by atoms with Crippen molar-refractivity contribution >= 4 is 21.9 Å². The van der Waals surface area contributed by atoms with Gasteiger partial charge in [0.05, 0.1) is 0 Å². The van der Waals surface area contributed by atoms with Crippen molar-refractivity contribution in [1.29, 1.82) is 0 Å². The molecule has 0 unspecified atom stereocenters. The van der Waals surface area contributed by atoms with Gasteiger partial charge in [0.2, 0.25) is 0 Å². The van der Waals surface area contributed by atoms with E-state index in [0.717, 1.165) is 66.4 Å². The molecule has 55 heavy (non-hydrogen) atoms. The fourth-order valence-corrected chi connectivity index (χ4v) is 6.96. The summed E-state index contributed by atoms with van der Waals surface area (Å²) in [5.74, 6) is 3.33.